The molecular weight excluding hydrogens is 168 g/mol. The minimum atomic E-state index is -0.301. The van der Waals surface area contributed by atoms with Gasteiger partial charge in [0, 0.05) is 12.6 Å². The van der Waals surface area contributed by atoms with Crippen LogP contribution in [0.25, 0.3) is 0 Å². The number of aliphatic hydroxyl groups excluding tert-OH is 1. The molecule has 1 aromatic rings. The van der Waals surface area contributed by atoms with Gasteiger partial charge >= 0.3 is 0 Å². The van der Waals surface area contributed by atoms with Crippen LogP contribution in [0.1, 0.15) is 15.9 Å². The lowest BCUT2D eigenvalue weighted by molar-refractivity contribution is 0.0792. The summed E-state index contributed by atoms with van der Waals surface area (Å²) in [7, 11) is 1.47. The Bertz CT molecular complexity index is 310. The first-order chi connectivity index (χ1) is 6.16. The molecule has 0 fully saturated rings. The van der Waals surface area contributed by atoms with Gasteiger partial charge in [-0.25, -0.2) is 5.84 Å². The molecule has 0 aliphatic carbocycles. The number of benzene rings is 1. The van der Waals surface area contributed by atoms with E-state index in [1.807, 2.05) is 0 Å². The molecule has 3 N–H and O–H groups in total. The monoisotopic (exact) mass is 180 g/mol. The molecule has 0 spiro atoms. The van der Waals surface area contributed by atoms with E-state index in [1.54, 1.807) is 24.3 Å². The topological polar surface area (TPSA) is 66.6 Å². The summed E-state index contributed by atoms with van der Waals surface area (Å²) in [5.41, 5.74) is 1.03. The number of hydrogen-bond acceptors (Lipinski definition) is 3. The highest BCUT2D eigenvalue weighted by atomic mass is 16.3. The predicted molar refractivity (Wildman–Crippen MR) is 48.6 cm³/mol. The highest BCUT2D eigenvalue weighted by Gasteiger charge is 2.11. The van der Waals surface area contributed by atoms with Crippen molar-refractivity contribution in [1.82, 2.24) is 5.01 Å². The maximum Gasteiger partial charge on any atom is 0.267 e. The number of nitrogens with two attached hydrogens (primary N) is 1. The second kappa shape index (κ2) is 4.02. The number of carbonyl (C=O) groups is 1. The number of hydrazine groups is 1. The second-order valence-corrected chi connectivity index (χ2v) is 2.73. The van der Waals surface area contributed by atoms with Crippen molar-refractivity contribution in [2.45, 2.75) is 6.61 Å². The third-order valence-electron chi connectivity index (χ3n) is 1.74. The van der Waals surface area contributed by atoms with Gasteiger partial charge in [0.2, 0.25) is 0 Å². The van der Waals surface area contributed by atoms with Crippen molar-refractivity contribution in [3.63, 3.8) is 0 Å². The summed E-state index contributed by atoms with van der Waals surface area (Å²) in [4.78, 5) is 11.4. The summed E-state index contributed by atoms with van der Waals surface area (Å²) in [6.45, 7) is -0.157. The third kappa shape index (κ3) is 2.05. The molecule has 0 heterocycles. The van der Waals surface area contributed by atoms with Crippen LogP contribution in [-0.2, 0) is 6.61 Å². The first-order valence-corrected chi connectivity index (χ1v) is 3.88. The minimum absolute atomic E-state index is 0.157. The normalized spacial score (nSPS) is 9.77. The van der Waals surface area contributed by atoms with Crippen molar-refractivity contribution in [3.05, 3.63) is 35.4 Å². The van der Waals surface area contributed by atoms with Crippen LogP contribution in [0, 0.1) is 0 Å². The SMILES string of the molecule is CN(N)C(=O)c1ccccc1CO. The zero-order chi connectivity index (χ0) is 9.84. The summed E-state index contributed by atoms with van der Waals surface area (Å²) in [5.74, 6) is 4.99. The van der Waals surface area contributed by atoms with E-state index in [-0.39, 0.29) is 12.5 Å². The molecule has 0 saturated heterocycles. The van der Waals surface area contributed by atoms with Crippen LogP contribution >= 0.6 is 0 Å². The Kier molecular flexibility index (Phi) is 3.00. The zero-order valence-corrected chi connectivity index (χ0v) is 7.40. The lowest BCUT2D eigenvalue weighted by Gasteiger charge is -2.12. The molecule has 4 nitrogen and oxygen atoms in total. The van der Waals surface area contributed by atoms with Gasteiger partial charge in [0.05, 0.1) is 6.61 Å². The minimum Gasteiger partial charge on any atom is -0.392 e. The average molecular weight is 180 g/mol. The molecule has 13 heavy (non-hydrogen) atoms. The van der Waals surface area contributed by atoms with Crippen molar-refractivity contribution in [2.24, 2.45) is 5.84 Å². The molecule has 1 rings (SSSR count). The summed E-state index contributed by atoms with van der Waals surface area (Å²) >= 11 is 0. The van der Waals surface area contributed by atoms with Crippen molar-refractivity contribution >= 4 is 5.91 Å². The Morgan fingerprint density at radius 2 is 2.15 bits per heavy atom. The Morgan fingerprint density at radius 1 is 1.54 bits per heavy atom. The highest BCUT2D eigenvalue weighted by Crippen LogP contribution is 2.09. The molecule has 0 aliphatic heterocycles. The molecule has 0 aromatic heterocycles. The molecule has 1 aromatic carbocycles. The lowest BCUT2D eigenvalue weighted by Crippen LogP contribution is -2.33. The van der Waals surface area contributed by atoms with Gasteiger partial charge in [-0.15, -0.1) is 0 Å². The van der Waals surface area contributed by atoms with Crippen LogP contribution in [0.5, 0.6) is 0 Å². The number of carbonyl (C=O) groups excluding carboxylic acids is 1. The third-order valence-corrected chi connectivity index (χ3v) is 1.74. The van der Waals surface area contributed by atoms with Gasteiger partial charge in [-0.3, -0.25) is 9.80 Å². The van der Waals surface area contributed by atoms with E-state index in [1.165, 1.54) is 7.05 Å². The summed E-state index contributed by atoms with van der Waals surface area (Å²) in [6.07, 6.45) is 0. The molecule has 0 saturated carbocycles. The van der Waals surface area contributed by atoms with E-state index in [2.05, 4.69) is 0 Å². The number of aliphatic hydroxyl groups is 1. The van der Waals surface area contributed by atoms with Gasteiger partial charge in [0.15, 0.2) is 0 Å². The van der Waals surface area contributed by atoms with Gasteiger partial charge in [0.25, 0.3) is 5.91 Å². The maximum absolute atomic E-state index is 11.4. The Hall–Kier alpha value is -1.39. The molecule has 1 amide bonds. The van der Waals surface area contributed by atoms with E-state index >= 15 is 0 Å². The van der Waals surface area contributed by atoms with Crippen LogP contribution < -0.4 is 5.84 Å². The molecule has 0 radical (unpaired) electrons. The van der Waals surface area contributed by atoms with Crippen molar-refractivity contribution < 1.29 is 9.90 Å². The molecule has 0 atom stereocenters. The molecule has 70 valence electrons. The maximum atomic E-state index is 11.4. The standard InChI is InChI=1S/C9H12N2O2/c1-11(10)9(13)8-5-3-2-4-7(8)6-12/h2-5,12H,6,10H2,1H3. The van der Waals surface area contributed by atoms with E-state index in [4.69, 9.17) is 10.9 Å². The Labute approximate surface area is 76.6 Å². The largest absolute Gasteiger partial charge is 0.392 e. The molecular formula is C9H12N2O2. The first-order valence-electron chi connectivity index (χ1n) is 3.88. The molecule has 0 bridgehead atoms. The average Bonchev–Trinajstić information content (AvgIpc) is 2.16. The number of rotatable bonds is 2. The van der Waals surface area contributed by atoms with E-state index in [0.717, 1.165) is 5.01 Å². The lowest BCUT2D eigenvalue weighted by atomic mass is 10.1. The second-order valence-electron chi connectivity index (χ2n) is 2.73. The van der Waals surface area contributed by atoms with Crippen LogP contribution in [0.15, 0.2) is 24.3 Å². The molecule has 4 heteroatoms. The number of amides is 1. The summed E-state index contributed by atoms with van der Waals surface area (Å²) in [6, 6.07) is 6.82. The fraction of sp³-hybridized carbons (Fsp3) is 0.222. The van der Waals surface area contributed by atoms with Crippen LogP contribution in [0.3, 0.4) is 0 Å². The fourth-order valence-corrected chi connectivity index (χ4v) is 1.06. The smallest absolute Gasteiger partial charge is 0.267 e. The van der Waals surface area contributed by atoms with Crippen molar-refractivity contribution in [3.8, 4) is 0 Å². The molecule has 0 aliphatic rings. The van der Waals surface area contributed by atoms with Gasteiger partial charge < -0.3 is 5.11 Å². The first kappa shape index (κ1) is 9.70. The van der Waals surface area contributed by atoms with Gasteiger partial charge in [-0.05, 0) is 11.6 Å². The fourth-order valence-electron chi connectivity index (χ4n) is 1.06. The molecule has 0 unspecified atom stereocenters. The van der Waals surface area contributed by atoms with Crippen molar-refractivity contribution in [2.75, 3.05) is 7.05 Å². The van der Waals surface area contributed by atoms with Gasteiger partial charge in [-0.1, -0.05) is 18.2 Å². The van der Waals surface area contributed by atoms with Gasteiger partial charge in [-0.2, -0.15) is 0 Å². The van der Waals surface area contributed by atoms with Crippen LogP contribution in [0.2, 0.25) is 0 Å². The zero-order valence-electron chi connectivity index (χ0n) is 7.40. The summed E-state index contributed by atoms with van der Waals surface area (Å²) in [5, 5.41) is 9.93. The van der Waals surface area contributed by atoms with Crippen LogP contribution in [-0.4, -0.2) is 23.1 Å². The van der Waals surface area contributed by atoms with Crippen LogP contribution in [0.4, 0.5) is 0 Å². The Morgan fingerprint density at radius 3 is 2.69 bits per heavy atom. The van der Waals surface area contributed by atoms with E-state index in [0.29, 0.717) is 11.1 Å². The van der Waals surface area contributed by atoms with E-state index < -0.39 is 0 Å². The quantitative estimate of drug-likeness (QED) is 0.386. The summed E-state index contributed by atoms with van der Waals surface area (Å²) < 4.78 is 0. The predicted octanol–water partition coefficient (Wildman–Crippen LogP) is 0.125. The Balaban J connectivity index is 3.06. The van der Waals surface area contributed by atoms with Crippen molar-refractivity contribution in [1.29, 1.82) is 0 Å². The van der Waals surface area contributed by atoms with E-state index in [9.17, 15) is 4.79 Å². The number of nitrogens with zero attached hydrogens (tertiary/aromatic N) is 1. The van der Waals surface area contributed by atoms with Gasteiger partial charge in [0.1, 0.15) is 0 Å². The highest BCUT2D eigenvalue weighted by molar-refractivity contribution is 5.95. The number of hydrogen-bond donors (Lipinski definition) is 2.